The average molecular weight is 409 g/mol. The molecule has 0 saturated heterocycles. The lowest BCUT2D eigenvalue weighted by Gasteiger charge is -2.17. The summed E-state index contributed by atoms with van der Waals surface area (Å²) in [6.07, 6.45) is -1.04. The van der Waals surface area contributed by atoms with Gasteiger partial charge in [-0.25, -0.2) is 9.59 Å². The maximum atomic E-state index is 12.8. The van der Waals surface area contributed by atoms with Gasteiger partial charge in [-0.2, -0.15) is 0 Å². The monoisotopic (exact) mass is 409 g/mol. The van der Waals surface area contributed by atoms with Gasteiger partial charge >= 0.3 is 11.6 Å². The van der Waals surface area contributed by atoms with Crippen molar-refractivity contribution in [3.63, 3.8) is 0 Å². The van der Waals surface area contributed by atoms with E-state index in [-0.39, 0.29) is 18.8 Å². The van der Waals surface area contributed by atoms with E-state index in [1.54, 1.807) is 55.5 Å². The molecule has 4 rings (SSSR count). The second-order valence-electron chi connectivity index (χ2n) is 6.72. The second kappa shape index (κ2) is 7.90. The van der Waals surface area contributed by atoms with Crippen molar-refractivity contribution < 1.29 is 28.2 Å². The Labute approximate surface area is 171 Å². The molecule has 8 nitrogen and oxygen atoms in total. The van der Waals surface area contributed by atoms with Crippen LogP contribution < -0.4 is 20.8 Å². The van der Waals surface area contributed by atoms with Crippen LogP contribution in [0.5, 0.6) is 11.5 Å². The molecule has 3 aromatic rings. The minimum atomic E-state index is -1.04. The lowest BCUT2D eigenvalue weighted by Crippen LogP contribution is -2.32. The first kappa shape index (κ1) is 19.5. The number of hydrogen-bond acceptors (Lipinski definition) is 7. The van der Waals surface area contributed by atoms with E-state index in [2.05, 4.69) is 0 Å². The van der Waals surface area contributed by atoms with Gasteiger partial charge in [-0.1, -0.05) is 24.3 Å². The number of amides is 1. The highest BCUT2D eigenvalue weighted by atomic mass is 16.6. The van der Waals surface area contributed by atoms with E-state index in [4.69, 9.17) is 24.4 Å². The zero-order chi connectivity index (χ0) is 21.3. The Hall–Kier alpha value is -3.81. The van der Waals surface area contributed by atoms with Crippen LogP contribution in [0.25, 0.3) is 11.0 Å². The molecule has 0 bridgehead atoms. The lowest BCUT2D eigenvalue weighted by atomic mass is 9.88. The van der Waals surface area contributed by atoms with Gasteiger partial charge in [0.05, 0.1) is 23.5 Å². The standard InChI is InChI=1S/C22H19NO7/c1-2-27-22(26)20-17(12-7-9-13(10-8-12)28-11-16(23)24)18-19(30-20)14-5-3-4-6-15(14)29-21(18)25/h3-10,17,20H,2,11H2,1H3,(H2,23,24)/t17-,20+/m0/s1. The lowest BCUT2D eigenvalue weighted by molar-refractivity contribution is -0.151. The molecular formula is C22H19NO7. The molecule has 0 fully saturated rings. The van der Waals surface area contributed by atoms with E-state index >= 15 is 0 Å². The van der Waals surface area contributed by atoms with E-state index < -0.39 is 29.5 Å². The maximum absolute atomic E-state index is 12.8. The predicted octanol–water partition coefficient (Wildman–Crippen LogP) is 2.11. The van der Waals surface area contributed by atoms with E-state index in [1.165, 1.54) is 0 Å². The van der Waals surface area contributed by atoms with Crippen LogP contribution in [0.4, 0.5) is 0 Å². The summed E-state index contributed by atoms with van der Waals surface area (Å²) in [7, 11) is 0. The van der Waals surface area contributed by atoms with Crippen LogP contribution in [0.15, 0.2) is 57.7 Å². The Morgan fingerprint density at radius 3 is 2.53 bits per heavy atom. The predicted molar refractivity (Wildman–Crippen MR) is 107 cm³/mol. The number of para-hydroxylation sites is 1. The van der Waals surface area contributed by atoms with Crippen LogP contribution in [0.1, 0.15) is 24.0 Å². The van der Waals surface area contributed by atoms with Gasteiger partial charge in [0.2, 0.25) is 6.10 Å². The molecule has 154 valence electrons. The molecule has 2 aromatic carbocycles. The van der Waals surface area contributed by atoms with Gasteiger partial charge in [0.15, 0.2) is 6.61 Å². The minimum Gasteiger partial charge on any atom is -0.484 e. The summed E-state index contributed by atoms with van der Waals surface area (Å²) in [5, 5.41) is 0.602. The molecule has 0 unspecified atom stereocenters. The number of carbonyl (C=O) groups is 2. The summed E-state index contributed by atoms with van der Waals surface area (Å²) < 4.78 is 21.9. The minimum absolute atomic E-state index is 0.178. The van der Waals surface area contributed by atoms with Gasteiger partial charge < -0.3 is 24.4 Å². The Morgan fingerprint density at radius 1 is 1.10 bits per heavy atom. The van der Waals surface area contributed by atoms with Crippen molar-refractivity contribution in [3.8, 4) is 11.5 Å². The Bertz CT molecular complexity index is 1170. The summed E-state index contributed by atoms with van der Waals surface area (Å²) in [4.78, 5) is 36.3. The highest BCUT2D eigenvalue weighted by molar-refractivity contribution is 5.88. The molecule has 0 aliphatic carbocycles. The molecule has 1 amide bonds. The van der Waals surface area contributed by atoms with Gasteiger partial charge in [-0.15, -0.1) is 0 Å². The number of carbonyl (C=O) groups excluding carboxylic acids is 2. The number of rotatable bonds is 6. The topological polar surface area (TPSA) is 118 Å². The molecule has 1 aromatic heterocycles. The molecule has 30 heavy (non-hydrogen) atoms. The van der Waals surface area contributed by atoms with E-state index in [0.717, 1.165) is 0 Å². The van der Waals surface area contributed by atoms with Crippen molar-refractivity contribution in [3.05, 3.63) is 70.1 Å². The number of primary amides is 1. The summed E-state index contributed by atoms with van der Waals surface area (Å²) >= 11 is 0. The van der Waals surface area contributed by atoms with Crippen molar-refractivity contribution >= 4 is 22.8 Å². The van der Waals surface area contributed by atoms with Crippen LogP contribution in [0.3, 0.4) is 0 Å². The Morgan fingerprint density at radius 2 is 1.83 bits per heavy atom. The second-order valence-corrected chi connectivity index (χ2v) is 6.72. The maximum Gasteiger partial charge on any atom is 0.348 e. The van der Waals surface area contributed by atoms with Crippen molar-refractivity contribution in [1.29, 1.82) is 0 Å². The smallest absolute Gasteiger partial charge is 0.348 e. The number of fused-ring (bicyclic) bond motifs is 3. The van der Waals surface area contributed by atoms with Gasteiger partial charge in [0.25, 0.3) is 5.91 Å². The molecule has 8 heteroatoms. The fourth-order valence-corrected chi connectivity index (χ4v) is 3.55. The number of nitrogens with two attached hydrogens (primary N) is 1. The molecule has 2 heterocycles. The van der Waals surface area contributed by atoms with Crippen LogP contribution in [-0.4, -0.2) is 31.2 Å². The number of benzene rings is 2. The SMILES string of the molecule is CCOC(=O)[C@@H]1Oc2c(c(=O)oc3ccccc23)[C@@H]1c1ccc(OCC(N)=O)cc1. The summed E-state index contributed by atoms with van der Waals surface area (Å²) in [5.74, 6) is -1.14. The quantitative estimate of drug-likeness (QED) is 0.489. The molecule has 0 radical (unpaired) electrons. The van der Waals surface area contributed by atoms with E-state index in [9.17, 15) is 14.4 Å². The van der Waals surface area contributed by atoms with Gasteiger partial charge in [0, 0.05) is 0 Å². The Balaban J connectivity index is 1.80. The molecule has 0 saturated carbocycles. The van der Waals surface area contributed by atoms with E-state index in [1.807, 2.05) is 0 Å². The molecule has 0 spiro atoms. The third-order valence-electron chi connectivity index (χ3n) is 4.80. The first-order valence-corrected chi connectivity index (χ1v) is 9.39. The fourth-order valence-electron chi connectivity index (χ4n) is 3.55. The summed E-state index contributed by atoms with van der Waals surface area (Å²) in [6.45, 7) is 1.62. The van der Waals surface area contributed by atoms with Gasteiger partial charge in [-0.3, -0.25) is 4.79 Å². The number of esters is 1. The average Bonchev–Trinajstić information content (AvgIpc) is 3.14. The first-order valence-electron chi connectivity index (χ1n) is 9.39. The van der Waals surface area contributed by atoms with Crippen LogP contribution in [0.2, 0.25) is 0 Å². The number of ether oxygens (including phenoxy) is 3. The summed E-state index contributed by atoms with van der Waals surface area (Å²) in [5.41, 5.74) is 5.79. The molecule has 1 aliphatic rings. The van der Waals surface area contributed by atoms with Gasteiger partial charge in [-0.05, 0) is 36.8 Å². The fraction of sp³-hybridized carbons (Fsp3) is 0.227. The van der Waals surface area contributed by atoms with Gasteiger partial charge in [0.1, 0.15) is 17.1 Å². The molecule has 2 N–H and O–H groups in total. The van der Waals surface area contributed by atoms with Crippen molar-refractivity contribution in [2.75, 3.05) is 13.2 Å². The molecule has 1 aliphatic heterocycles. The molecular weight excluding hydrogens is 390 g/mol. The highest BCUT2D eigenvalue weighted by Crippen LogP contribution is 2.44. The van der Waals surface area contributed by atoms with Crippen molar-refractivity contribution in [2.45, 2.75) is 18.9 Å². The normalized spacial score (nSPS) is 17.2. The highest BCUT2D eigenvalue weighted by Gasteiger charge is 2.45. The first-order chi connectivity index (χ1) is 14.5. The largest absolute Gasteiger partial charge is 0.484 e. The molecule has 2 atom stereocenters. The summed E-state index contributed by atoms with van der Waals surface area (Å²) in [6, 6.07) is 13.6. The van der Waals surface area contributed by atoms with Crippen LogP contribution >= 0.6 is 0 Å². The third-order valence-corrected chi connectivity index (χ3v) is 4.80. The van der Waals surface area contributed by atoms with Crippen molar-refractivity contribution in [1.82, 2.24) is 0 Å². The van der Waals surface area contributed by atoms with Crippen LogP contribution in [-0.2, 0) is 14.3 Å². The number of hydrogen-bond donors (Lipinski definition) is 1. The van der Waals surface area contributed by atoms with Crippen LogP contribution in [0, 0.1) is 0 Å². The van der Waals surface area contributed by atoms with E-state index in [0.29, 0.717) is 28.0 Å². The third kappa shape index (κ3) is 3.47. The zero-order valence-corrected chi connectivity index (χ0v) is 16.1. The zero-order valence-electron chi connectivity index (χ0n) is 16.1. The Kier molecular flexibility index (Phi) is 5.14. The van der Waals surface area contributed by atoms with Crippen molar-refractivity contribution in [2.24, 2.45) is 5.73 Å².